The van der Waals surface area contributed by atoms with E-state index in [1.807, 2.05) is 12.1 Å². The molecule has 0 heterocycles. The lowest BCUT2D eigenvalue weighted by atomic mass is 10.1. The molecule has 0 aromatic heterocycles. The highest BCUT2D eigenvalue weighted by molar-refractivity contribution is 5.49. The van der Waals surface area contributed by atoms with E-state index in [2.05, 4.69) is 31.9 Å². The molecule has 1 aliphatic carbocycles. The van der Waals surface area contributed by atoms with Crippen molar-refractivity contribution in [1.82, 2.24) is 4.90 Å². The molecule has 16 heavy (non-hydrogen) atoms. The third kappa shape index (κ3) is 2.38. The standard InChI is InChI=1S/C14H22N2/c1-10-13(5-4-6-14(10)15)9-16(3)11(2)12-7-8-12/h4-6,11-12H,7-9,15H2,1-3H3. The fraction of sp³-hybridized carbons (Fsp3) is 0.571. The molecule has 2 N–H and O–H groups in total. The average molecular weight is 218 g/mol. The van der Waals surface area contributed by atoms with Gasteiger partial charge in [-0.2, -0.15) is 0 Å². The molecule has 1 aromatic rings. The minimum Gasteiger partial charge on any atom is -0.399 e. The highest BCUT2D eigenvalue weighted by atomic mass is 15.1. The molecule has 1 saturated carbocycles. The van der Waals surface area contributed by atoms with E-state index in [4.69, 9.17) is 5.73 Å². The summed E-state index contributed by atoms with van der Waals surface area (Å²) in [5.41, 5.74) is 9.42. The first-order chi connectivity index (χ1) is 7.59. The van der Waals surface area contributed by atoms with Gasteiger partial charge in [-0.1, -0.05) is 12.1 Å². The Morgan fingerprint density at radius 2 is 2.12 bits per heavy atom. The molecule has 88 valence electrons. The zero-order valence-corrected chi connectivity index (χ0v) is 10.5. The molecule has 2 heteroatoms. The van der Waals surface area contributed by atoms with Gasteiger partial charge >= 0.3 is 0 Å². The second-order valence-electron chi connectivity index (χ2n) is 5.12. The minimum absolute atomic E-state index is 0.695. The number of nitrogens with two attached hydrogens (primary N) is 1. The van der Waals surface area contributed by atoms with Crippen LogP contribution in [0.1, 0.15) is 30.9 Å². The fourth-order valence-electron chi connectivity index (χ4n) is 2.23. The highest BCUT2D eigenvalue weighted by Crippen LogP contribution is 2.35. The van der Waals surface area contributed by atoms with Crippen LogP contribution in [0.5, 0.6) is 0 Å². The molecule has 0 bridgehead atoms. The van der Waals surface area contributed by atoms with Crippen LogP contribution in [0.25, 0.3) is 0 Å². The van der Waals surface area contributed by atoms with Gasteiger partial charge in [0.05, 0.1) is 0 Å². The van der Waals surface area contributed by atoms with Crippen molar-refractivity contribution in [3.05, 3.63) is 29.3 Å². The van der Waals surface area contributed by atoms with E-state index in [1.54, 1.807) is 0 Å². The Labute approximate surface area is 98.4 Å². The Hall–Kier alpha value is -1.02. The quantitative estimate of drug-likeness (QED) is 0.787. The van der Waals surface area contributed by atoms with Gasteiger partial charge in [-0.3, -0.25) is 4.90 Å². The van der Waals surface area contributed by atoms with Crippen LogP contribution in [0.3, 0.4) is 0 Å². The van der Waals surface area contributed by atoms with Gasteiger partial charge in [-0.25, -0.2) is 0 Å². The average Bonchev–Trinajstić information content (AvgIpc) is 3.07. The molecule has 0 spiro atoms. The molecule has 0 saturated heterocycles. The van der Waals surface area contributed by atoms with E-state index >= 15 is 0 Å². The predicted octanol–water partition coefficient (Wildman–Crippen LogP) is 2.81. The summed E-state index contributed by atoms with van der Waals surface area (Å²) in [6, 6.07) is 6.90. The van der Waals surface area contributed by atoms with Crippen LogP contribution in [-0.4, -0.2) is 18.0 Å². The molecular formula is C14H22N2. The molecule has 2 nitrogen and oxygen atoms in total. The third-order valence-corrected chi connectivity index (χ3v) is 3.91. The topological polar surface area (TPSA) is 29.3 Å². The van der Waals surface area contributed by atoms with Crippen molar-refractivity contribution in [3.8, 4) is 0 Å². The van der Waals surface area contributed by atoms with E-state index in [-0.39, 0.29) is 0 Å². The van der Waals surface area contributed by atoms with E-state index in [0.717, 1.165) is 18.2 Å². The SMILES string of the molecule is Cc1c(N)cccc1CN(C)C(C)C1CC1. The summed E-state index contributed by atoms with van der Waals surface area (Å²) in [5.74, 6) is 0.923. The third-order valence-electron chi connectivity index (χ3n) is 3.91. The summed E-state index contributed by atoms with van der Waals surface area (Å²) in [4.78, 5) is 2.44. The Kier molecular flexibility index (Phi) is 3.20. The summed E-state index contributed by atoms with van der Waals surface area (Å²) < 4.78 is 0. The molecule has 1 atom stereocenters. The van der Waals surface area contributed by atoms with E-state index in [0.29, 0.717) is 6.04 Å². The summed E-state index contributed by atoms with van der Waals surface area (Å²) in [6.45, 7) is 5.45. The van der Waals surface area contributed by atoms with Gasteiger partial charge in [0.25, 0.3) is 0 Å². The van der Waals surface area contributed by atoms with Crippen molar-refractivity contribution in [2.24, 2.45) is 5.92 Å². The number of rotatable bonds is 4. The normalized spacial score (nSPS) is 17.8. The number of nitrogens with zero attached hydrogens (tertiary/aromatic N) is 1. The molecule has 0 aliphatic heterocycles. The van der Waals surface area contributed by atoms with E-state index in [9.17, 15) is 0 Å². The summed E-state index contributed by atoms with van der Waals surface area (Å²) in [5, 5.41) is 0. The van der Waals surface area contributed by atoms with E-state index < -0.39 is 0 Å². The lowest BCUT2D eigenvalue weighted by Crippen LogP contribution is -2.30. The Balaban J connectivity index is 2.05. The summed E-state index contributed by atoms with van der Waals surface area (Å²) in [7, 11) is 2.21. The fourth-order valence-corrected chi connectivity index (χ4v) is 2.23. The van der Waals surface area contributed by atoms with Crippen molar-refractivity contribution in [3.63, 3.8) is 0 Å². The zero-order chi connectivity index (χ0) is 11.7. The molecule has 1 aromatic carbocycles. The predicted molar refractivity (Wildman–Crippen MR) is 69.2 cm³/mol. The largest absolute Gasteiger partial charge is 0.399 e. The monoisotopic (exact) mass is 218 g/mol. The van der Waals surface area contributed by atoms with Gasteiger partial charge in [0.2, 0.25) is 0 Å². The van der Waals surface area contributed by atoms with E-state index in [1.165, 1.54) is 24.0 Å². The van der Waals surface area contributed by atoms with Crippen LogP contribution >= 0.6 is 0 Å². The Bertz CT molecular complexity index is 369. The highest BCUT2D eigenvalue weighted by Gasteiger charge is 2.30. The minimum atomic E-state index is 0.695. The number of benzene rings is 1. The van der Waals surface area contributed by atoms with Crippen LogP contribution in [0.2, 0.25) is 0 Å². The van der Waals surface area contributed by atoms with Crippen LogP contribution in [0.4, 0.5) is 5.69 Å². The molecule has 1 aliphatic rings. The van der Waals surface area contributed by atoms with Gasteiger partial charge < -0.3 is 5.73 Å². The first-order valence-corrected chi connectivity index (χ1v) is 6.14. The molecule has 1 unspecified atom stereocenters. The number of anilines is 1. The van der Waals surface area contributed by atoms with Crippen molar-refractivity contribution in [2.75, 3.05) is 12.8 Å². The van der Waals surface area contributed by atoms with Crippen LogP contribution in [0.15, 0.2) is 18.2 Å². The molecule has 0 amide bonds. The van der Waals surface area contributed by atoms with Crippen molar-refractivity contribution in [1.29, 1.82) is 0 Å². The lowest BCUT2D eigenvalue weighted by Gasteiger charge is -2.25. The zero-order valence-electron chi connectivity index (χ0n) is 10.5. The van der Waals surface area contributed by atoms with Crippen molar-refractivity contribution < 1.29 is 0 Å². The van der Waals surface area contributed by atoms with Crippen LogP contribution < -0.4 is 5.73 Å². The molecular weight excluding hydrogens is 196 g/mol. The first kappa shape index (κ1) is 11.5. The van der Waals surface area contributed by atoms with Crippen LogP contribution in [-0.2, 0) is 6.54 Å². The van der Waals surface area contributed by atoms with Gasteiger partial charge in [0, 0.05) is 18.3 Å². The maximum atomic E-state index is 5.93. The number of hydrogen-bond donors (Lipinski definition) is 1. The Morgan fingerprint density at radius 3 is 2.75 bits per heavy atom. The van der Waals surface area contributed by atoms with Gasteiger partial charge in [-0.05, 0) is 56.8 Å². The van der Waals surface area contributed by atoms with Crippen molar-refractivity contribution in [2.45, 2.75) is 39.3 Å². The van der Waals surface area contributed by atoms with Crippen molar-refractivity contribution >= 4 is 5.69 Å². The molecule has 2 rings (SSSR count). The lowest BCUT2D eigenvalue weighted by molar-refractivity contribution is 0.226. The molecule has 1 fully saturated rings. The number of nitrogen functional groups attached to an aromatic ring is 1. The van der Waals surface area contributed by atoms with Crippen LogP contribution in [0, 0.1) is 12.8 Å². The summed E-state index contributed by atoms with van der Waals surface area (Å²) in [6.07, 6.45) is 2.81. The maximum Gasteiger partial charge on any atom is 0.0346 e. The smallest absolute Gasteiger partial charge is 0.0346 e. The second kappa shape index (κ2) is 4.46. The van der Waals surface area contributed by atoms with Gasteiger partial charge in [0.15, 0.2) is 0 Å². The number of hydrogen-bond acceptors (Lipinski definition) is 2. The second-order valence-corrected chi connectivity index (χ2v) is 5.12. The first-order valence-electron chi connectivity index (χ1n) is 6.14. The Morgan fingerprint density at radius 1 is 1.44 bits per heavy atom. The van der Waals surface area contributed by atoms with Gasteiger partial charge in [0.1, 0.15) is 0 Å². The summed E-state index contributed by atoms with van der Waals surface area (Å²) >= 11 is 0. The maximum absolute atomic E-state index is 5.93. The molecule has 0 radical (unpaired) electrons. The van der Waals surface area contributed by atoms with Gasteiger partial charge in [-0.15, -0.1) is 0 Å².